The van der Waals surface area contributed by atoms with E-state index in [-0.39, 0.29) is 41.4 Å². The van der Waals surface area contributed by atoms with Crippen molar-refractivity contribution < 1.29 is 14.4 Å². The van der Waals surface area contributed by atoms with Crippen molar-refractivity contribution in [3.63, 3.8) is 0 Å². The van der Waals surface area contributed by atoms with E-state index in [2.05, 4.69) is 33.4 Å². The topological polar surface area (TPSA) is 66.5 Å². The molecule has 2 bridgehead atoms. The number of fused-ring (bicyclic) bond motifs is 5. The summed E-state index contributed by atoms with van der Waals surface area (Å²) < 4.78 is 0.921. The van der Waals surface area contributed by atoms with Crippen LogP contribution in [0.25, 0.3) is 0 Å². The van der Waals surface area contributed by atoms with Crippen LogP contribution in [0.2, 0.25) is 0 Å². The van der Waals surface area contributed by atoms with Gasteiger partial charge < -0.3 is 5.32 Å². The molecule has 31 heavy (non-hydrogen) atoms. The SMILES string of the molecule is Cc1cc(Br)ccc1NC(=O)[C@H](Cc1ccccc1)N1C(=O)[C@H]2[C@H](C1=O)[C@H]1C=C[C@H]2C1. The Morgan fingerprint density at radius 3 is 2.32 bits per heavy atom. The predicted octanol–water partition coefficient (Wildman–Crippen LogP) is 4.11. The Bertz CT molecular complexity index is 1070. The molecule has 3 amide bonds. The standard InChI is InChI=1S/C25H23BrN2O3/c1-14-11-18(26)9-10-19(14)27-23(29)20(12-15-5-3-2-4-6-15)28-24(30)21-16-7-8-17(13-16)22(21)25(28)31/h2-11,16-17,20-22H,12-13H2,1H3,(H,27,29)/t16-,17-,20-,21+,22+/m0/s1. The number of anilines is 1. The second-order valence-corrected chi connectivity index (χ2v) is 9.62. The summed E-state index contributed by atoms with van der Waals surface area (Å²) >= 11 is 3.43. The fraction of sp³-hybridized carbons (Fsp3) is 0.320. The number of aryl methyl sites for hydroxylation is 1. The second kappa shape index (κ2) is 7.75. The van der Waals surface area contributed by atoms with Gasteiger partial charge in [-0.25, -0.2) is 0 Å². The van der Waals surface area contributed by atoms with Gasteiger partial charge in [0, 0.05) is 16.6 Å². The van der Waals surface area contributed by atoms with Gasteiger partial charge in [-0.15, -0.1) is 0 Å². The molecule has 5 atom stereocenters. The monoisotopic (exact) mass is 478 g/mol. The maximum Gasteiger partial charge on any atom is 0.248 e. The van der Waals surface area contributed by atoms with E-state index >= 15 is 0 Å². The van der Waals surface area contributed by atoms with Crippen molar-refractivity contribution in [1.82, 2.24) is 4.90 Å². The van der Waals surface area contributed by atoms with Gasteiger partial charge in [-0.3, -0.25) is 19.3 Å². The van der Waals surface area contributed by atoms with Gasteiger partial charge in [0.25, 0.3) is 0 Å². The van der Waals surface area contributed by atoms with Gasteiger partial charge in [0.15, 0.2) is 0 Å². The molecular weight excluding hydrogens is 456 g/mol. The largest absolute Gasteiger partial charge is 0.324 e. The van der Waals surface area contributed by atoms with Crippen LogP contribution in [0.3, 0.4) is 0 Å². The zero-order valence-electron chi connectivity index (χ0n) is 17.1. The lowest BCUT2D eigenvalue weighted by Gasteiger charge is -2.27. The maximum atomic E-state index is 13.4. The molecule has 1 heterocycles. The van der Waals surface area contributed by atoms with Crippen molar-refractivity contribution in [2.24, 2.45) is 23.7 Å². The number of halogens is 1. The number of allylic oxidation sites excluding steroid dienone is 2. The molecule has 1 saturated heterocycles. The third kappa shape index (κ3) is 3.43. The predicted molar refractivity (Wildman–Crippen MR) is 121 cm³/mol. The number of hydrogen-bond donors (Lipinski definition) is 1. The number of imide groups is 1. The molecule has 2 aliphatic carbocycles. The van der Waals surface area contributed by atoms with Crippen molar-refractivity contribution >= 4 is 39.3 Å². The van der Waals surface area contributed by atoms with E-state index < -0.39 is 6.04 Å². The normalized spacial score (nSPS) is 27.0. The zero-order chi connectivity index (χ0) is 21.7. The molecule has 5 rings (SSSR count). The lowest BCUT2D eigenvalue weighted by atomic mass is 9.85. The highest BCUT2D eigenvalue weighted by molar-refractivity contribution is 9.10. The Morgan fingerprint density at radius 1 is 1.06 bits per heavy atom. The van der Waals surface area contributed by atoms with Crippen molar-refractivity contribution in [3.8, 4) is 0 Å². The first kappa shape index (κ1) is 20.2. The molecule has 5 nitrogen and oxygen atoms in total. The van der Waals surface area contributed by atoms with E-state index in [1.165, 1.54) is 4.90 Å². The lowest BCUT2D eigenvalue weighted by molar-refractivity contribution is -0.147. The van der Waals surface area contributed by atoms with Gasteiger partial charge in [0.2, 0.25) is 17.7 Å². The molecule has 3 aliphatic rings. The van der Waals surface area contributed by atoms with E-state index in [1.807, 2.05) is 55.5 Å². The van der Waals surface area contributed by atoms with Gasteiger partial charge in [0.1, 0.15) is 6.04 Å². The summed E-state index contributed by atoms with van der Waals surface area (Å²) in [5, 5.41) is 2.96. The van der Waals surface area contributed by atoms with Gasteiger partial charge in [0.05, 0.1) is 11.8 Å². The van der Waals surface area contributed by atoms with Crippen LogP contribution in [-0.4, -0.2) is 28.7 Å². The number of carbonyl (C=O) groups is 3. The summed E-state index contributed by atoms with van der Waals surface area (Å²) in [5.74, 6) is -1.13. The number of nitrogens with zero attached hydrogens (tertiary/aromatic N) is 1. The Balaban J connectivity index is 1.47. The molecule has 2 aromatic carbocycles. The zero-order valence-corrected chi connectivity index (χ0v) is 18.7. The summed E-state index contributed by atoms with van der Waals surface area (Å²) in [4.78, 5) is 41.5. The summed E-state index contributed by atoms with van der Waals surface area (Å²) in [6.45, 7) is 1.91. The van der Waals surface area contributed by atoms with Crippen molar-refractivity contribution in [2.75, 3.05) is 5.32 Å². The minimum absolute atomic E-state index is 0.116. The molecule has 1 saturated carbocycles. The molecule has 0 aromatic heterocycles. The molecule has 0 unspecified atom stereocenters. The van der Waals surface area contributed by atoms with E-state index in [4.69, 9.17) is 0 Å². The van der Waals surface area contributed by atoms with Crippen LogP contribution in [0, 0.1) is 30.6 Å². The van der Waals surface area contributed by atoms with Crippen LogP contribution in [0.4, 0.5) is 5.69 Å². The van der Waals surface area contributed by atoms with Crippen LogP contribution in [0.5, 0.6) is 0 Å². The summed E-state index contributed by atoms with van der Waals surface area (Å²) in [6.07, 6.45) is 5.30. The van der Waals surface area contributed by atoms with Crippen LogP contribution < -0.4 is 5.32 Å². The lowest BCUT2D eigenvalue weighted by Crippen LogP contribution is -2.49. The van der Waals surface area contributed by atoms with Crippen molar-refractivity contribution in [3.05, 3.63) is 76.3 Å². The Kier molecular flexibility index (Phi) is 5.05. The maximum absolute atomic E-state index is 13.4. The number of hydrogen-bond acceptors (Lipinski definition) is 3. The Morgan fingerprint density at radius 2 is 1.71 bits per heavy atom. The van der Waals surface area contributed by atoms with E-state index in [0.717, 1.165) is 22.0 Å². The first-order chi connectivity index (χ1) is 14.9. The van der Waals surface area contributed by atoms with Gasteiger partial charge >= 0.3 is 0 Å². The van der Waals surface area contributed by atoms with Gasteiger partial charge in [-0.2, -0.15) is 0 Å². The number of benzene rings is 2. The fourth-order valence-corrected chi connectivity index (χ4v) is 5.83. The van der Waals surface area contributed by atoms with Crippen LogP contribution >= 0.6 is 15.9 Å². The van der Waals surface area contributed by atoms with E-state index in [1.54, 1.807) is 0 Å². The third-order valence-electron chi connectivity index (χ3n) is 6.84. The highest BCUT2D eigenvalue weighted by Gasteiger charge is 2.61. The first-order valence-electron chi connectivity index (χ1n) is 10.6. The quantitative estimate of drug-likeness (QED) is 0.519. The first-order valence-corrected chi connectivity index (χ1v) is 11.4. The highest BCUT2D eigenvalue weighted by atomic mass is 79.9. The summed E-state index contributed by atoms with van der Waals surface area (Å²) in [7, 11) is 0. The number of amides is 3. The highest BCUT2D eigenvalue weighted by Crippen LogP contribution is 2.53. The van der Waals surface area contributed by atoms with E-state index in [0.29, 0.717) is 12.1 Å². The number of carbonyl (C=O) groups excluding carboxylic acids is 3. The number of rotatable bonds is 5. The second-order valence-electron chi connectivity index (χ2n) is 8.70. The molecule has 2 aromatic rings. The van der Waals surface area contributed by atoms with Crippen LogP contribution in [0.15, 0.2) is 65.2 Å². The molecule has 0 spiro atoms. The molecule has 0 radical (unpaired) electrons. The minimum Gasteiger partial charge on any atom is -0.324 e. The molecule has 6 heteroatoms. The third-order valence-corrected chi connectivity index (χ3v) is 7.33. The number of likely N-dealkylation sites (tertiary alicyclic amines) is 1. The molecular formula is C25H23BrN2O3. The van der Waals surface area contributed by atoms with Crippen molar-refractivity contribution in [2.45, 2.75) is 25.8 Å². The molecule has 1 aliphatic heterocycles. The average molecular weight is 479 g/mol. The molecule has 1 N–H and O–H groups in total. The van der Waals surface area contributed by atoms with Gasteiger partial charge in [-0.05, 0) is 54.5 Å². The van der Waals surface area contributed by atoms with Crippen LogP contribution in [0.1, 0.15) is 17.5 Å². The average Bonchev–Trinajstić information content (AvgIpc) is 3.43. The summed E-state index contributed by atoms with van der Waals surface area (Å²) in [6, 6.07) is 14.3. The molecule has 2 fully saturated rings. The molecule has 158 valence electrons. The smallest absolute Gasteiger partial charge is 0.248 e. The van der Waals surface area contributed by atoms with Crippen molar-refractivity contribution in [1.29, 1.82) is 0 Å². The van der Waals surface area contributed by atoms with Crippen LogP contribution in [-0.2, 0) is 20.8 Å². The van der Waals surface area contributed by atoms with Gasteiger partial charge in [-0.1, -0.05) is 58.4 Å². The summed E-state index contributed by atoms with van der Waals surface area (Å²) in [5.41, 5.74) is 2.49. The Labute approximate surface area is 189 Å². The minimum atomic E-state index is -0.879. The van der Waals surface area contributed by atoms with E-state index in [9.17, 15) is 14.4 Å². The Hall–Kier alpha value is -2.73. The number of nitrogens with one attached hydrogen (secondary N) is 1. The fourth-order valence-electron chi connectivity index (χ4n) is 5.35.